The third kappa shape index (κ3) is 2.31. The Kier molecular flexibility index (Phi) is 3.05. The van der Waals surface area contributed by atoms with Crippen molar-refractivity contribution in [2.24, 2.45) is 4.99 Å². The summed E-state index contributed by atoms with van der Waals surface area (Å²) < 4.78 is 26.1. The molecule has 0 radical (unpaired) electrons. The van der Waals surface area contributed by atoms with Gasteiger partial charge in [0.05, 0.1) is 0 Å². The van der Waals surface area contributed by atoms with Crippen molar-refractivity contribution in [1.82, 2.24) is 0 Å². The van der Waals surface area contributed by atoms with Crippen LogP contribution in [0.15, 0.2) is 53.5 Å². The van der Waals surface area contributed by atoms with E-state index in [2.05, 4.69) is 4.99 Å². The molecular weight excluding hydrogens is 208 g/mol. The molecule has 0 spiro atoms. The van der Waals surface area contributed by atoms with E-state index >= 15 is 0 Å². The largest absolute Gasteiger partial charge is 0.253 e. The molecule has 0 aliphatic heterocycles. The summed E-state index contributed by atoms with van der Waals surface area (Å²) in [5.74, 6) is -1.81. The highest BCUT2D eigenvalue weighted by molar-refractivity contribution is 5.81. The van der Waals surface area contributed by atoms with E-state index in [-0.39, 0.29) is 5.69 Å². The Bertz CT molecular complexity index is 507. The SMILES string of the molecule is Fc1cccc(N=Cc2ccccc2)c1F. The number of aliphatic imine (C=N–C) groups is 1. The summed E-state index contributed by atoms with van der Waals surface area (Å²) in [4.78, 5) is 3.90. The second-order valence-corrected chi connectivity index (χ2v) is 3.24. The summed E-state index contributed by atoms with van der Waals surface area (Å²) in [5, 5.41) is 0. The van der Waals surface area contributed by atoms with Crippen LogP contribution in [0.25, 0.3) is 0 Å². The molecule has 2 aromatic rings. The Morgan fingerprint density at radius 3 is 2.38 bits per heavy atom. The zero-order valence-electron chi connectivity index (χ0n) is 8.40. The van der Waals surface area contributed by atoms with Crippen molar-refractivity contribution in [3.05, 3.63) is 65.7 Å². The molecule has 16 heavy (non-hydrogen) atoms. The molecule has 0 N–H and O–H groups in total. The molecule has 0 saturated carbocycles. The van der Waals surface area contributed by atoms with Gasteiger partial charge < -0.3 is 0 Å². The fraction of sp³-hybridized carbons (Fsp3) is 0. The van der Waals surface area contributed by atoms with E-state index in [0.29, 0.717) is 0 Å². The van der Waals surface area contributed by atoms with Crippen LogP contribution in [-0.2, 0) is 0 Å². The lowest BCUT2D eigenvalue weighted by atomic mass is 10.2. The molecule has 0 saturated heterocycles. The van der Waals surface area contributed by atoms with E-state index in [9.17, 15) is 8.78 Å². The first-order valence-electron chi connectivity index (χ1n) is 4.80. The molecule has 2 aromatic carbocycles. The predicted molar refractivity (Wildman–Crippen MR) is 60.1 cm³/mol. The molecule has 0 amide bonds. The summed E-state index contributed by atoms with van der Waals surface area (Å²) in [5.41, 5.74) is 0.843. The zero-order valence-corrected chi connectivity index (χ0v) is 8.40. The summed E-state index contributed by atoms with van der Waals surface area (Å²) in [6.07, 6.45) is 1.50. The second-order valence-electron chi connectivity index (χ2n) is 3.24. The molecule has 0 fully saturated rings. The lowest BCUT2D eigenvalue weighted by molar-refractivity contribution is 0.510. The smallest absolute Gasteiger partial charge is 0.184 e. The molecule has 0 unspecified atom stereocenters. The summed E-state index contributed by atoms with van der Waals surface area (Å²) in [6, 6.07) is 13.2. The van der Waals surface area contributed by atoms with Crippen LogP contribution in [0, 0.1) is 11.6 Å². The van der Waals surface area contributed by atoms with Gasteiger partial charge in [0.15, 0.2) is 11.6 Å². The first-order valence-corrected chi connectivity index (χ1v) is 4.80. The topological polar surface area (TPSA) is 12.4 Å². The highest BCUT2D eigenvalue weighted by Crippen LogP contribution is 2.19. The third-order valence-corrected chi connectivity index (χ3v) is 2.08. The highest BCUT2D eigenvalue weighted by Gasteiger charge is 2.04. The molecule has 0 aromatic heterocycles. The van der Waals surface area contributed by atoms with Crippen LogP contribution < -0.4 is 0 Å². The maximum absolute atomic E-state index is 13.2. The quantitative estimate of drug-likeness (QED) is 0.680. The van der Waals surface area contributed by atoms with Crippen molar-refractivity contribution in [3.63, 3.8) is 0 Å². The monoisotopic (exact) mass is 217 g/mol. The predicted octanol–water partition coefficient (Wildman–Crippen LogP) is 3.72. The Morgan fingerprint density at radius 2 is 1.62 bits per heavy atom. The molecule has 0 heterocycles. The Balaban J connectivity index is 2.28. The maximum atomic E-state index is 13.2. The fourth-order valence-electron chi connectivity index (χ4n) is 1.28. The first kappa shape index (κ1) is 10.5. The van der Waals surface area contributed by atoms with E-state index in [1.165, 1.54) is 18.3 Å². The van der Waals surface area contributed by atoms with Crippen LogP contribution in [0.1, 0.15) is 5.56 Å². The lowest BCUT2D eigenvalue weighted by Gasteiger charge is -1.97. The van der Waals surface area contributed by atoms with E-state index in [1.54, 1.807) is 0 Å². The number of benzene rings is 2. The summed E-state index contributed by atoms with van der Waals surface area (Å²) in [7, 11) is 0. The molecule has 1 nitrogen and oxygen atoms in total. The van der Waals surface area contributed by atoms with Gasteiger partial charge in [0.2, 0.25) is 0 Å². The first-order chi connectivity index (χ1) is 7.77. The van der Waals surface area contributed by atoms with Gasteiger partial charge in [0.25, 0.3) is 0 Å². The molecule has 0 aliphatic carbocycles. The number of nitrogens with zero attached hydrogens (tertiary/aromatic N) is 1. The van der Waals surface area contributed by atoms with Crippen LogP contribution >= 0.6 is 0 Å². The average molecular weight is 217 g/mol. The highest BCUT2D eigenvalue weighted by atomic mass is 19.2. The second kappa shape index (κ2) is 4.66. The van der Waals surface area contributed by atoms with E-state index in [0.717, 1.165) is 11.6 Å². The number of hydrogen-bond donors (Lipinski definition) is 0. The molecule has 0 atom stereocenters. The van der Waals surface area contributed by atoms with Crippen molar-refractivity contribution in [2.75, 3.05) is 0 Å². The number of rotatable bonds is 2. The molecule has 0 bridgehead atoms. The van der Waals surface area contributed by atoms with E-state index in [4.69, 9.17) is 0 Å². The van der Waals surface area contributed by atoms with Crippen LogP contribution in [0.5, 0.6) is 0 Å². The molecule has 2 rings (SSSR count). The van der Waals surface area contributed by atoms with E-state index < -0.39 is 11.6 Å². The summed E-state index contributed by atoms with van der Waals surface area (Å²) in [6.45, 7) is 0. The minimum Gasteiger partial charge on any atom is -0.253 e. The van der Waals surface area contributed by atoms with Crippen LogP contribution in [0.3, 0.4) is 0 Å². The van der Waals surface area contributed by atoms with Gasteiger partial charge in [-0.2, -0.15) is 0 Å². The van der Waals surface area contributed by atoms with Gasteiger partial charge >= 0.3 is 0 Å². The van der Waals surface area contributed by atoms with Gasteiger partial charge in [-0.3, -0.25) is 4.99 Å². The van der Waals surface area contributed by atoms with Gasteiger partial charge in [0.1, 0.15) is 5.69 Å². The minimum absolute atomic E-state index is 0.00357. The van der Waals surface area contributed by atoms with Gasteiger partial charge in [-0.15, -0.1) is 0 Å². The Hall–Kier alpha value is -2.03. The Morgan fingerprint density at radius 1 is 0.875 bits per heavy atom. The zero-order chi connectivity index (χ0) is 11.4. The Labute approximate surface area is 92.1 Å². The van der Waals surface area contributed by atoms with Crippen molar-refractivity contribution in [3.8, 4) is 0 Å². The normalized spacial score (nSPS) is 10.9. The van der Waals surface area contributed by atoms with Gasteiger partial charge in [-0.05, 0) is 17.7 Å². The van der Waals surface area contributed by atoms with Crippen molar-refractivity contribution in [1.29, 1.82) is 0 Å². The molecule has 3 heteroatoms. The van der Waals surface area contributed by atoms with Crippen LogP contribution in [0.2, 0.25) is 0 Å². The molecule has 0 aliphatic rings. The van der Waals surface area contributed by atoms with Crippen molar-refractivity contribution >= 4 is 11.9 Å². The minimum atomic E-state index is -0.922. The summed E-state index contributed by atoms with van der Waals surface area (Å²) >= 11 is 0. The van der Waals surface area contributed by atoms with Gasteiger partial charge in [-0.25, -0.2) is 8.78 Å². The van der Waals surface area contributed by atoms with Crippen molar-refractivity contribution < 1.29 is 8.78 Å². The number of halogens is 2. The maximum Gasteiger partial charge on any atom is 0.184 e. The molecular formula is C13H9F2N. The standard InChI is InChI=1S/C13H9F2N/c14-11-7-4-8-12(13(11)15)16-9-10-5-2-1-3-6-10/h1-9H. The number of hydrogen-bond acceptors (Lipinski definition) is 1. The molecule has 80 valence electrons. The third-order valence-electron chi connectivity index (χ3n) is 2.08. The lowest BCUT2D eigenvalue weighted by Crippen LogP contribution is -1.84. The van der Waals surface area contributed by atoms with Crippen LogP contribution in [-0.4, -0.2) is 6.21 Å². The van der Waals surface area contributed by atoms with E-state index in [1.807, 2.05) is 30.3 Å². The van der Waals surface area contributed by atoms with Gasteiger partial charge in [-0.1, -0.05) is 36.4 Å². The van der Waals surface area contributed by atoms with Crippen molar-refractivity contribution in [2.45, 2.75) is 0 Å². The fourth-order valence-corrected chi connectivity index (χ4v) is 1.28. The average Bonchev–Trinajstić information content (AvgIpc) is 2.32. The van der Waals surface area contributed by atoms with Crippen LogP contribution in [0.4, 0.5) is 14.5 Å². The van der Waals surface area contributed by atoms with Gasteiger partial charge in [0, 0.05) is 6.21 Å².